The third-order valence-electron chi connectivity index (χ3n) is 5.28. The summed E-state index contributed by atoms with van der Waals surface area (Å²) in [6, 6.07) is 16.1. The molecule has 0 amide bonds. The number of methoxy groups -OCH3 is 1. The lowest BCUT2D eigenvalue weighted by Crippen LogP contribution is -2.50. The van der Waals surface area contributed by atoms with Gasteiger partial charge in [-0.05, 0) is 30.7 Å². The van der Waals surface area contributed by atoms with Gasteiger partial charge in [0.1, 0.15) is 11.5 Å². The topological polar surface area (TPSA) is 64.1 Å². The second-order valence-electron chi connectivity index (χ2n) is 7.31. The van der Waals surface area contributed by atoms with Crippen LogP contribution in [0.2, 0.25) is 0 Å². The second kappa shape index (κ2) is 12.1. The zero-order valence-electron chi connectivity index (χ0n) is 17.9. The van der Waals surface area contributed by atoms with Crippen molar-refractivity contribution >= 4 is 29.9 Å². The first kappa shape index (κ1) is 24.4. The molecule has 2 N–H and O–H groups in total. The molecular weight excluding hydrogens is 493 g/mol. The highest BCUT2D eigenvalue weighted by atomic mass is 127. The highest BCUT2D eigenvalue weighted by Crippen LogP contribution is 2.26. The number of nitrogens with zero attached hydrogens (tertiary/aromatic N) is 1. The Hall–Kier alpha value is -1.84. The SMILES string of the molecule is CN=C(NCc1ccc(C)cc1Oc1ccccc1)NCC1(OC)CCOCC1.I. The third-order valence-corrected chi connectivity index (χ3v) is 5.28. The lowest BCUT2D eigenvalue weighted by molar-refractivity contribution is -0.0855. The number of hydrogen-bond donors (Lipinski definition) is 2. The Morgan fingerprint density at radius 1 is 1.10 bits per heavy atom. The Labute approximate surface area is 196 Å². The van der Waals surface area contributed by atoms with Crippen LogP contribution < -0.4 is 15.4 Å². The van der Waals surface area contributed by atoms with Crippen molar-refractivity contribution in [1.29, 1.82) is 0 Å². The Morgan fingerprint density at radius 3 is 2.50 bits per heavy atom. The monoisotopic (exact) mass is 525 g/mol. The number of para-hydroxylation sites is 1. The fraction of sp³-hybridized carbons (Fsp3) is 0.435. The molecule has 0 bridgehead atoms. The van der Waals surface area contributed by atoms with Crippen molar-refractivity contribution in [3.63, 3.8) is 0 Å². The molecule has 0 saturated carbocycles. The minimum absolute atomic E-state index is 0. The van der Waals surface area contributed by atoms with E-state index < -0.39 is 0 Å². The summed E-state index contributed by atoms with van der Waals surface area (Å²) in [6.07, 6.45) is 1.75. The Morgan fingerprint density at radius 2 is 1.83 bits per heavy atom. The Bertz CT molecular complexity index is 809. The van der Waals surface area contributed by atoms with E-state index >= 15 is 0 Å². The molecule has 0 spiro atoms. The van der Waals surface area contributed by atoms with E-state index in [1.807, 2.05) is 30.3 Å². The molecule has 6 nitrogen and oxygen atoms in total. The Balaban J connectivity index is 0.00000320. The quantitative estimate of drug-likeness (QED) is 0.321. The lowest BCUT2D eigenvalue weighted by Gasteiger charge is -2.36. The standard InChI is InChI=1S/C23H31N3O3.HI/c1-18-9-10-19(21(15-18)29-20-7-5-4-6-8-20)16-25-22(24-2)26-17-23(27-3)11-13-28-14-12-23;/h4-10,15H,11-14,16-17H2,1-3H3,(H2,24,25,26);1H. The van der Waals surface area contributed by atoms with Gasteiger partial charge in [-0.2, -0.15) is 0 Å². The van der Waals surface area contributed by atoms with Crippen molar-refractivity contribution in [2.75, 3.05) is 33.9 Å². The normalized spacial score (nSPS) is 15.8. The summed E-state index contributed by atoms with van der Waals surface area (Å²) >= 11 is 0. The first-order chi connectivity index (χ1) is 14.1. The van der Waals surface area contributed by atoms with E-state index in [0.29, 0.717) is 13.1 Å². The molecule has 0 atom stereocenters. The number of rotatable bonds is 7. The zero-order chi connectivity index (χ0) is 20.5. The molecule has 3 rings (SSSR count). The summed E-state index contributed by atoms with van der Waals surface area (Å²) in [7, 11) is 3.54. The average Bonchev–Trinajstić information content (AvgIpc) is 2.76. The van der Waals surface area contributed by atoms with Crippen molar-refractivity contribution in [2.24, 2.45) is 4.99 Å². The van der Waals surface area contributed by atoms with Gasteiger partial charge in [-0.25, -0.2) is 0 Å². The fourth-order valence-corrected chi connectivity index (χ4v) is 3.36. The van der Waals surface area contributed by atoms with Gasteiger partial charge in [-0.15, -0.1) is 24.0 Å². The van der Waals surface area contributed by atoms with E-state index in [-0.39, 0.29) is 29.6 Å². The van der Waals surface area contributed by atoms with Crippen molar-refractivity contribution in [3.8, 4) is 11.5 Å². The minimum Gasteiger partial charge on any atom is -0.457 e. The number of hydrogen-bond acceptors (Lipinski definition) is 4. The van der Waals surface area contributed by atoms with Gasteiger partial charge in [0, 0.05) is 58.9 Å². The van der Waals surface area contributed by atoms with E-state index in [9.17, 15) is 0 Å². The van der Waals surface area contributed by atoms with Gasteiger partial charge >= 0.3 is 0 Å². The van der Waals surface area contributed by atoms with Gasteiger partial charge in [-0.1, -0.05) is 30.3 Å². The number of aliphatic imine (C=N–C) groups is 1. The maximum atomic E-state index is 6.11. The van der Waals surface area contributed by atoms with Gasteiger partial charge < -0.3 is 24.8 Å². The molecule has 0 radical (unpaired) electrons. The number of halogens is 1. The Kier molecular flexibility index (Phi) is 9.87. The second-order valence-corrected chi connectivity index (χ2v) is 7.31. The highest BCUT2D eigenvalue weighted by Gasteiger charge is 2.32. The molecule has 1 fully saturated rings. The van der Waals surface area contributed by atoms with E-state index in [4.69, 9.17) is 14.2 Å². The first-order valence-electron chi connectivity index (χ1n) is 10.0. The number of guanidine groups is 1. The highest BCUT2D eigenvalue weighted by molar-refractivity contribution is 14.0. The van der Waals surface area contributed by atoms with Crippen LogP contribution in [-0.4, -0.2) is 45.5 Å². The maximum absolute atomic E-state index is 6.11. The van der Waals surface area contributed by atoms with Gasteiger partial charge in [0.05, 0.1) is 5.60 Å². The summed E-state index contributed by atoms with van der Waals surface area (Å²) in [6.45, 7) is 4.81. The van der Waals surface area contributed by atoms with Gasteiger partial charge in [0.2, 0.25) is 0 Å². The molecular formula is C23H32IN3O3. The molecule has 2 aromatic rings. The molecule has 164 valence electrons. The smallest absolute Gasteiger partial charge is 0.191 e. The molecule has 7 heteroatoms. The summed E-state index contributed by atoms with van der Waals surface area (Å²) in [5, 5.41) is 6.78. The van der Waals surface area contributed by atoms with E-state index in [2.05, 4.69) is 40.7 Å². The summed E-state index contributed by atoms with van der Waals surface area (Å²) in [5.41, 5.74) is 2.01. The molecule has 30 heavy (non-hydrogen) atoms. The molecule has 1 saturated heterocycles. The fourth-order valence-electron chi connectivity index (χ4n) is 3.36. The van der Waals surface area contributed by atoms with E-state index in [0.717, 1.165) is 54.6 Å². The first-order valence-corrected chi connectivity index (χ1v) is 10.0. The minimum atomic E-state index is -0.207. The van der Waals surface area contributed by atoms with Crippen molar-refractivity contribution in [2.45, 2.75) is 31.9 Å². The van der Waals surface area contributed by atoms with Crippen LogP contribution >= 0.6 is 24.0 Å². The van der Waals surface area contributed by atoms with Gasteiger partial charge in [0.15, 0.2) is 5.96 Å². The lowest BCUT2D eigenvalue weighted by atomic mass is 9.94. The van der Waals surface area contributed by atoms with Crippen LogP contribution in [0.15, 0.2) is 53.5 Å². The van der Waals surface area contributed by atoms with Crippen molar-refractivity contribution in [1.82, 2.24) is 10.6 Å². The number of benzene rings is 2. The predicted octanol–water partition coefficient (Wildman–Crippen LogP) is 4.27. The van der Waals surface area contributed by atoms with Gasteiger partial charge in [-0.3, -0.25) is 4.99 Å². The van der Waals surface area contributed by atoms with Crippen LogP contribution in [0.4, 0.5) is 0 Å². The summed E-state index contributed by atoms with van der Waals surface area (Å²) in [5.74, 6) is 2.40. The maximum Gasteiger partial charge on any atom is 0.191 e. The van der Waals surface area contributed by atoms with Crippen LogP contribution in [-0.2, 0) is 16.0 Å². The van der Waals surface area contributed by atoms with Crippen LogP contribution in [0, 0.1) is 6.92 Å². The van der Waals surface area contributed by atoms with Crippen LogP contribution in [0.25, 0.3) is 0 Å². The molecule has 0 aliphatic carbocycles. The summed E-state index contributed by atoms with van der Waals surface area (Å²) < 4.78 is 17.4. The third kappa shape index (κ3) is 6.85. The number of ether oxygens (including phenoxy) is 3. The van der Waals surface area contributed by atoms with Crippen molar-refractivity contribution in [3.05, 3.63) is 59.7 Å². The molecule has 1 heterocycles. The summed E-state index contributed by atoms with van der Waals surface area (Å²) in [4.78, 5) is 4.35. The van der Waals surface area contributed by atoms with Crippen LogP contribution in [0.3, 0.4) is 0 Å². The molecule has 0 unspecified atom stereocenters. The van der Waals surface area contributed by atoms with E-state index in [1.165, 1.54) is 0 Å². The largest absolute Gasteiger partial charge is 0.457 e. The zero-order valence-corrected chi connectivity index (χ0v) is 20.3. The van der Waals surface area contributed by atoms with E-state index in [1.54, 1.807) is 14.2 Å². The van der Waals surface area contributed by atoms with Crippen molar-refractivity contribution < 1.29 is 14.2 Å². The molecule has 0 aromatic heterocycles. The predicted molar refractivity (Wildman–Crippen MR) is 131 cm³/mol. The molecule has 1 aliphatic rings. The molecule has 2 aromatic carbocycles. The van der Waals surface area contributed by atoms with Gasteiger partial charge in [0.25, 0.3) is 0 Å². The average molecular weight is 525 g/mol. The van der Waals surface area contributed by atoms with Crippen LogP contribution in [0.5, 0.6) is 11.5 Å². The van der Waals surface area contributed by atoms with Crippen LogP contribution in [0.1, 0.15) is 24.0 Å². The number of nitrogens with one attached hydrogen (secondary N) is 2. The number of aryl methyl sites for hydroxylation is 1. The molecule has 1 aliphatic heterocycles.